The van der Waals surface area contributed by atoms with Gasteiger partial charge in [-0.25, -0.2) is 0 Å². The lowest BCUT2D eigenvalue weighted by atomic mass is 10.1. The highest BCUT2D eigenvalue weighted by Gasteiger charge is 2.14. The van der Waals surface area contributed by atoms with Crippen molar-refractivity contribution in [3.63, 3.8) is 0 Å². The lowest BCUT2D eigenvalue weighted by molar-refractivity contribution is -0.140. The van der Waals surface area contributed by atoms with Crippen molar-refractivity contribution < 1.29 is 23.8 Å². The Hall–Kier alpha value is -2.24. The molecule has 2 rings (SSSR count). The Morgan fingerprint density at radius 1 is 1.09 bits per heavy atom. The first-order valence-corrected chi connectivity index (χ1v) is 7.95. The zero-order chi connectivity index (χ0) is 16.5. The molecule has 0 aliphatic carbocycles. The first-order chi connectivity index (χ1) is 11.2. The fourth-order valence-electron chi connectivity index (χ4n) is 2.34. The van der Waals surface area contributed by atoms with Crippen LogP contribution in [0.5, 0.6) is 11.5 Å². The number of hydrogen-bond donors (Lipinski definition) is 1. The molecule has 0 saturated heterocycles. The van der Waals surface area contributed by atoms with Gasteiger partial charge < -0.3 is 19.5 Å². The maximum atomic E-state index is 12.1. The lowest BCUT2D eigenvalue weighted by Crippen LogP contribution is -2.25. The summed E-state index contributed by atoms with van der Waals surface area (Å²) in [6.07, 6.45) is 4.09. The van der Waals surface area contributed by atoms with Gasteiger partial charge in [-0.1, -0.05) is 12.8 Å². The third-order valence-electron chi connectivity index (χ3n) is 3.63. The summed E-state index contributed by atoms with van der Waals surface area (Å²) in [5.74, 6) is 1.01. The molecule has 23 heavy (non-hydrogen) atoms. The van der Waals surface area contributed by atoms with Crippen molar-refractivity contribution in [1.29, 1.82) is 0 Å². The normalized spacial score (nSPS) is 12.6. The predicted octanol–water partition coefficient (Wildman–Crippen LogP) is 2.31. The molecule has 126 valence electrons. The zero-order valence-electron chi connectivity index (χ0n) is 13.4. The molecule has 0 fully saturated rings. The van der Waals surface area contributed by atoms with Crippen molar-refractivity contribution in [2.24, 2.45) is 0 Å². The van der Waals surface area contributed by atoms with Gasteiger partial charge in [0.15, 0.2) is 11.5 Å². The van der Waals surface area contributed by atoms with Gasteiger partial charge in [-0.05, 0) is 31.0 Å². The molecular formula is C17H23NO5. The smallest absolute Gasteiger partial charge is 0.305 e. The van der Waals surface area contributed by atoms with Crippen LogP contribution >= 0.6 is 0 Å². The van der Waals surface area contributed by atoms with Gasteiger partial charge in [-0.2, -0.15) is 0 Å². The van der Waals surface area contributed by atoms with E-state index >= 15 is 0 Å². The van der Waals surface area contributed by atoms with E-state index in [4.69, 9.17) is 9.47 Å². The highest BCUT2D eigenvalue weighted by atomic mass is 16.6. The van der Waals surface area contributed by atoms with Crippen LogP contribution < -0.4 is 14.8 Å². The molecule has 0 radical (unpaired) electrons. The lowest BCUT2D eigenvalue weighted by Gasteiger charge is -2.18. The van der Waals surface area contributed by atoms with E-state index < -0.39 is 0 Å². The summed E-state index contributed by atoms with van der Waals surface area (Å²) in [5, 5.41) is 2.89. The molecule has 6 heteroatoms. The molecule has 0 aromatic heterocycles. The third kappa shape index (κ3) is 5.47. The average molecular weight is 321 g/mol. The van der Waals surface area contributed by atoms with E-state index in [-0.39, 0.29) is 11.9 Å². The highest BCUT2D eigenvalue weighted by Crippen LogP contribution is 2.30. The van der Waals surface area contributed by atoms with Crippen molar-refractivity contribution in [1.82, 2.24) is 5.32 Å². The number of ether oxygens (including phenoxy) is 3. The SMILES string of the molecule is COC(=O)CCCCCCNC(=O)c1ccc2c(c1)OCCO2. The minimum absolute atomic E-state index is 0.114. The molecule has 0 atom stereocenters. The summed E-state index contributed by atoms with van der Waals surface area (Å²) in [5.41, 5.74) is 0.569. The van der Waals surface area contributed by atoms with Crippen LogP contribution in [-0.2, 0) is 9.53 Å². The summed E-state index contributed by atoms with van der Waals surface area (Å²) in [7, 11) is 1.40. The molecule has 1 amide bonds. The van der Waals surface area contributed by atoms with E-state index in [1.54, 1.807) is 18.2 Å². The van der Waals surface area contributed by atoms with Crippen LogP contribution in [0.25, 0.3) is 0 Å². The fourth-order valence-corrected chi connectivity index (χ4v) is 2.34. The number of benzene rings is 1. The van der Waals surface area contributed by atoms with Crippen molar-refractivity contribution in [3.05, 3.63) is 23.8 Å². The quantitative estimate of drug-likeness (QED) is 0.587. The van der Waals surface area contributed by atoms with Gasteiger partial charge in [-0.15, -0.1) is 0 Å². The molecule has 0 saturated carbocycles. The maximum Gasteiger partial charge on any atom is 0.305 e. The predicted molar refractivity (Wildman–Crippen MR) is 84.9 cm³/mol. The first kappa shape index (κ1) is 17.1. The minimum Gasteiger partial charge on any atom is -0.486 e. The topological polar surface area (TPSA) is 73.9 Å². The Labute approximate surface area is 136 Å². The second-order valence-electron chi connectivity index (χ2n) is 5.35. The van der Waals surface area contributed by atoms with Crippen molar-refractivity contribution >= 4 is 11.9 Å². The Kier molecular flexibility index (Phi) is 6.72. The fraction of sp³-hybridized carbons (Fsp3) is 0.529. The van der Waals surface area contributed by atoms with Crippen LogP contribution in [0.15, 0.2) is 18.2 Å². The standard InChI is InChI=1S/C17H23NO5/c1-21-16(19)6-4-2-3-5-9-18-17(20)13-7-8-14-15(12-13)23-11-10-22-14/h7-8,12H,2-6,9-11H2,1H3,(H,18,20). The van der Waals surface area contributed by atoms with E-state index in [0.29, 0.717) is 43.2 Å². The van der Waals surface area contributed by atoms with Crippen molar-refractivity contribution in [2.75, 3.05) is 26.9 Å². The highest BCUT2D eigenvalue weighted by molar-refractivity contribution is 5.94. The Morgan fingerprint density at radius 3 is 2.61 bits per heavy atom. The van der Waals surface area contributed by atoms with Gasteiger partial charge in [0.1, 0.15) is 13.2 Å². The number of fused-ring (bicyclic) bond motifs is 1. The van der Waals surface area contributed by atoms with Crippen LogP contribution in [0.4, 0.5) is 0 Å². The van der Waals surface area contributed by atoms with Crippen LogP contribution in [-0.4, -0.2) is 38.7 Å². The number of amides is 1. The second-order valence-corrected chi connectivity index (χ2v) is 5.35. The van der Waals surface area contributed by atoms with Crippen LogP contribution in [0, 0.1) is 0 Å². The summed E-state index contributed by atoms with van der Waals surface area (Å²) < 4.78 is 15.5. The molecule has 1 aliphatic heterocycles. The largest absolute Gasteiger partial charge is 0.486 e. The Bertz CT molecular complexity index is 544. The molecule has 0 unspecified atom stereocenters. The van der Waals surface area contributed by atoms with Gasteiger partial charge in [0.05, 0.1) is 7.11 Å². The van der Waals surface area contributed by atoms with Crippen molar-refractivity contribution in [2.45, 2.75) is 32.1 Å². The van der Waals surface area contributed by atoms with Crippen LogP contribution in [0.2, 0.25) is 0 Å². The summed E-state index contributed by atoms with van der Waals surface area (Å²) in [6, 6.07) is 5.20. The average Bonchev–Trinajstić information content (AvgIpc) is 2.60. The van der Waals surface area contributed by atoms with E-state index in [1.165, 1.54) is 7.11 Å². The number of nitrogens with one attached hydrogen (secondary N) is 1. The Balaban J connectivity index is 1.64. The van der Waals surface area contributed by atoms with Gasteiger partial charge >= 0.3 is 5.97 Å². The number of rotatable bonds is 8. The van der Waals surface area contributed by atoms with Gasteiger partial charge in [0.25, 0.3) is 5.91 Å². The zero-order valence-corrected chi connectivity index (χ0v) is 13.4. The molecular weight excluding hydrogens is 298 g/mol. The number of carbonyl (C=O) groups excluding carboxylic acids is 2. The molecule has 1 aromatic carbocycles. The minimum atomic E-state index is -0.170. The van der Waals surface area contributed by atoms with Crippen molar-refractivity contribution in [3.8, 4) is 11.5 Å². The van der Waals surface area contributed by atoms with Crippen LogP contribution in [0.3, 0.4) is 0 Å². The monoisotopic (exact) mass is 321 g/mol. The molecule has 1 aromatic rings. The number of hydrogen-bond acceptors (Lipinski definition) is 5. The van der Waals surface area contributed by atoms with E-state index in [9.17, 15) is 9.59 Å². The van der Waals surface area contributed by atoms with Gasteiger partial charge in [0, 0.05) is 18.5 Å². The van der Waals surface area contributed by atoms with E-state index in [2.05, 4.69) is 10.1 Å². The van der Waals surface area contributed by atoms with E-state index in [1.807, 2.05) is 0 Å². The summed E-state index contributed by atoms with van der Waals surface area (Å²) in [6.45, 7) is 1.66. The van der Waals surface area contributed by atoms with E-state index in [0.717, 1.165) is 25.7 Å². The molecule has 1 aliphatic rings. The maximum absolute atomic E-state index is 12.1. The molecule has 0 spiro atoms. The first-order valence-electron chi connectivity index (χ1n) is 7.95. The molecule has 1 heterocycles. The number of unbranched alkanes of at least 4 members (excludes halogenated alkanes) is 3. The number of esters is 1. The molecule has 1 N–H and O–H groups in total. The number of carbonyl (C=O) groups is 2. The second kappa shape index (κ2) is 9.02. The summed E-state index contributed by atoms with van der Waals surface area (Å²) in [4.78, 5) is 23.0. The third-order valence-corrected chi connectivity index (χ3v) is 3.63. The number of methoxy groups -OCH3 is 1. The van der Waals surface area contributed by atoms with Gasteiger partial charge in [0.2, 0.25) is 0 Å². The molecule has 0 bridgehead atoms. The van der Waals surface area contributed by atoms with Crippen LogP contribution in [0.1, 0.15) is 42.5 Å². The van der Waals surface area contributed by atoms with Gasteiger partial charge in [-0.3, -0.25) is 9.59 Å². The molecule has 6 nitrogen and oxygen atoms in total. The Morgan fingerprint density at radius 2 is 1.83 bits per heavy atom. The summed E-state index contributed by atoms with van der Waals surface area (Å²) >= 11 is 0.